The second-order valence-electron chi connectivity index (χ2n) is 6.20. The average Bonchev–Trinajstić information content (AvgIpc) is 3.25. The molecule has 5 nitrogen and oxygen atoms in total. The molecule has 24 heavy (non-hydrogen) atoms. The number of pyridine rings is 1. The lowest BCUT2D eigenvalue weighted by Crippen LogP contribution is -2.25. The Labute approximate surface area is 144 Å². The summed E-state index contributed by atoms with van der Waals surface area (Å²) in [6, 6.07) is 10.8. The van der Waals surface area contributed by atoms with Crippen molar-refractivity contribution in [1.29, 1.82) is 0 Å². The van der Waals surface area contributed by atoms with E-state index in [1.165, 1.54) is 33.4 Å². The van der Waals surface area contributed by atoms with Gasteiger partial charge < -0.3 is 5.32 Å². The summed E-state index contributed by atoms with van der Waals surface area (Å²) in [5.74, 6) is 0. The minimum atomic E-state index is 0.456. The van der Waals surface area contributed by atoms with Gasteiger partial charge in [0.15, 0.2) is 0 Å². The van der Waals surface area contributed by atoms with E-state index in [9.17, 15) is 0 Å². The zero-order chi connectivity index (χ0) is 16.4. The van der Waals surface area contributed by atoms with E-state index in [2.05, 4.69) is 50.3 Å². The molecule has 4 rings (SSSR count). The highest BCUT2D eigenvalue weighted by atomic mass is 32.1. The first-order valence-electron chi connectivity index (χ1n) is 8.11. The topological polar surface area (TPSA) is 60.4 Å². The summed E-state index contributed by atoms with van der Waals surface area (Å²) in [4.78, 5) is 6.65. The predicted octanol–water partition coefficient (Wildman–Crippen LogP) is 3.78. The third-order valence-electron chi connectivity index (χ3n) is 4.48. The summed E-state index contributed by atoms with van der Waals surface area (Å²) in [7, 11) is 0. The van der Waals surface area contributed by atoms with Crippen LogP contribution in [0.15, 0.2) is 48.1 Å². The molecule has 0 unspecified atom stereocenters. The van der Waals surface area contributed by atoms with Crippen LogP contribution in [0.25, 0.3) is 10.8 Å². The van der Waals surface area contributed by atoms with Gasteiger partial charge in [-0.1, -0.05) is 12.1 Å². The number of aromatic nitrogens is 1. The fourth-order valence-corrected chi connectivity index (χ4v) is 4.03. The van der Waals surface area contributed by atoms with Crippen LogP contribution in [0.3, 0.4) is 0 Å². The Bertz CT molecular complexity index is 829. The van der Waals surface area contributed by atoms with Crippen LogP contribution < -0.4 is 10.8 Å². The lowest BCUT2D eigenvalue weighted by Gasteiger charge is -2.18. The van der Waals surface area contributed by atoms with E-state index in [0.29, 0.717) is 6.04 Å². The number of benzene rings is 1. The SMILES string of the molecule is ONc1cc(CN2CC[C@@H](Nc3cccc4cnccc34)C2)cs1. The Morgan fingerprint density at radius 2 is 2.29 bits per heavy atom. The van der Waals surface area contributed by atoms with Crippen LogP contribution >= 0.6 is 11.3 Å². The van der Waals surface area contributed by atoms with Gasteiger partial charge in [0.1, 0.15) is 5.00 Å². The van der Waals surface area contributed by atoms with Crippen molar-refractivity contribution in [3.8, 4) is 0 Å². The van der Waals surface area contributed by atoms with E-state index in [-0.39, 0.29) is 0 Å². The summed E-state index contributed by atoms with van der Waals surface area (Å²) in [6.45, 7) is 3.04. The second-order valence-corrected chi connectivity index (χ2v) is 7.11. The summed E-state index contributed by atoms with van der Waals surface area (Å²) in [5.41, 5.74) is 4.64. The normalized spacial score (nSPS) is 18.1. The molecule has 0 spiro atoms. The van der Waals surface area contributed by atoms with Crippen molar-refractivity contribution in [3.63, 3.8) is 0 Å². The Balaban J connectivity index is 1.41. The molecule has 0 saturated carbocycles. The van der Waals surface area contributed by atoms with Gasteiger partial charge in [-0.15, -0.1) is 11.3 Å². The van der Waals surface area contributed by atoms with Crippen LogP contribution in [0.4, 0.5) is 10.7 Å². The minimum Gasteiger partial charge on any atom is -0.380 e. The molecule has 2 aromatic heterocycles. The second kappa shape index (κ2) is 6.76. The van der Waals surface area contributed by atoms with Crippen molar-refractivity contribution in [2.45, 2.75) is 19.0 Å². The van der Waals surface area contributed by atoms with Crippen molar-refractivity contribution in [2.24, 2.45) is 0 Å². The van der Waals surface area contributed by atoms with Gasteiger partial charge in [-0.2, -0.15) is 0 Å². The number of fused-ring (bicyclic) bond motifs is 1. The molecular formula is C18H20N4OS. The quantitative estimate of drug-likeness (QED) is 0.617. The molecule has 124 valence electrons. The maximum atomic E-state index is 8.94. The van der Waals surface area contributed by atoms with Crippen LogP contribution in [0, 0.1) is 0 Å². The van der Waals surface area contributed by atoms with E-state index < -0.39 is 0 Å². The summed E-state index contributed by atoms with van der Waals surface area (Å²) in [5, 5.41) is 17.9. The number of rotatable bonds is 5. The van der Waals surface area contributed by atoms with Crippen LogP contribution in [0.2, 0.25) is 0 Å². The molecule has 1 saturated heterocycles. The standard InChI is InChI=1S/C18H20N4OS/c23-21-18-8-13(12-24-18)10-22-7-5-15(11-22)20-17-3-1-2-14-9-19-6-4-16(14)17/h1-4,6,8-9,12,15,20-21,23H,5,7,10-11H2/t15-/m1/s1. The lowest BCUT2D eigenvalue weighted by atomic mass is 10.1. The number of anilines is 2. The Morgan fingerprint density at radius 3 is 3.17 bits per heavy atom. The third kappa shape index (κ3) is 3.21. The number of hydrogen-bond donors (Lipinski definition) is 3. The molecule has 0 aliphatic carbocycles. The van der Waals surface area contributed by atoms with Crippen molar-refractivity contribution >= 4 is 32.8 Å². The number of nitrogens with zero attached hydrogens (tertiary/aromatic N) is 2. The Morgan fingerprint density at radius 1 is 1.33 bits per heavy atom. The molecule has 0 amide bonds. The van der Waals surface area contributed by atoms with Crippen molar-refractivity contribution in [2.75, 3.05) is 23.9 Å². The highest BCUT2D eigenvalue weighted by Crippen LogP contribution is 2.26. The van der Waals surface area contributed by atoms with Gasteiger partial charge in [0.2, 0.25) is 0 Å². The van der Waals surface area contributed by atoms with Gasteiger partial charge in [-0.25, -0.2) is 0 Å². The van der Waals surface area contributed by atoms with Crippen molar-refractivity contribution < 1.29 is 5.21 Å². The first-order valence-corrected chi connectivity index (χ1v) is 8.99. The number of hydrogen-bond acceptors (Lipinski definition) is 6. The van der Waals surface area contributed by atoms with E-state index in [4.69, 9.17) is 5.21 Å². The van der Waals surface area contributed by atoms with Crippen LogP contribution in [0.5, 0.6) is 0 Å². The molecule has 3 aromatic rings. The fraction of sp³-hybridized carbons (Fsp3) is 0.278. The van der Waals surface area contributed by atoms with Gasteiger partial charge in [0, 0.05) is 54.5 Å². The van der Waals surface area contributed by atoms with Gasteiger partial charge >= 0.3 is 0 Å². The van der Waals surface area contributed by atoms with E-state index in [1.807, 2.05) is 18.5 Å². The maximum absolute atomic E-state index is 8.94. The summed E-state index contributed by atoms with van der Waals surface area (Å²) in [6.07, 6.45) is 4.89. The van der Waals surface area contributed by atoms with Gasteiger partial charge in [0.05, 0.1) is 0 Å². The number of thiophene rings is 1. The Hall–Kier alpha value is -2.15. The molecule has 6 heteroatoms. The van der Waals surface area contributed by atoms with Crippen LogP contribution in [0.1, 0.15) is 12.0 Å². The van der Waals surface area contributed by atoms with Gasteiger partial charge in [-0.05, 0) is 35.6 Å². The molecule has 0 radical (unpaired) electrons. The van der Waals surface area contributed by atoms with Crippen LogP contribution in [-0.4, -0.2) is 34.2 Å². The molecule has 0 bridgehead atoms. The zero-order valence-corrected chi connectivity index (χ0v) is 14.1. The molecule has 1 aromatic carbocycles. The lowest BCUT2D eigenvalue weighted by molar-refractivity contribution is 0.329. The summed E-state index contributed by atoms with van der Waals surface area (Å²) < 4.78 is 0. The Kier molecular flexibility index (Phi) is 4.34. The number of likely N-dealkylation sites (tertiary alicyclic amines) is 1. The highest BCUT2D eigenvalue weighted by molar-refractivity contribution is 7.14. The molecule has 3 N–H and O–H groups in total. The number of nitrogens with one attached hydrogen (secondary N) is 2. The van der Waals surface area contributed by atoms with E-state index in [0.717, 1.165) is 31.1 Å². The molecule has 1 atom stereocenters. The third-order valence-corrected chi connectivity index (χ3v) is 5.37. The van der Waals surface area contributed by atoms with E-state index >= 15 is 0 Å². The van der Waals surface area contributed by atoms with Crippen LogP contribution in [-0.2, 0) is 6.54 Å². The fourth-order valence-electron chi connectivity index (χ4n) is 3.34. The average molecular weight is 340 g/mol. The molecule has 1 aliphatic rings. The largest absolute Gasteiger partial charge is 0.380 e. The first kappa shape index (κ1) is 15.4. The smallest absolute Gasteiger partial charge is 0.113 e. The van der Waals surface area contributed by atoms with Crippen molar-refractivity contribution in [3.05, 3.63) is 53.7 Å². The maximum Gasteiger partial charge on any atom is 0.113 e. The summed E-state index contributed by atoms with van der Waals surface area (Å²) >= 11 is 1.53. The zero-order valence-electron chi connectivity index (χ0n) is 13.3. The molecule has 1 fully saturated rings. The van der Waals surface area contributed by atoms with E-state index in [1.54, 1.807) is 0 Å². The monoisotopic (exact) mass is 340 g/mol. The minimum absolute atomic E-state index is 0.456. The van der Waals surface area contributed by atoms with Crippen molar-refractivity contribution in [1.82, 2.24) is 9.88 Å². The molecular weight excluding hydrogens is 320 g/mol. The molecule has 1 aliphatic heterocycles. The van der Waals surface area contributed by atoms with Gasteiger partial charge in [-0.3, -0.25) is 20.6 Å². The molecule has 3 heterocycles. The predicted molar refractivity (Wildman–Crippen MR) is 98.8 cm³/mol. The highest BCUT2D eigenvalue weighted by Gasteiger charge is 2.23. The van der Waals surface area contributed by atoms with Gasteiger partial charge in [0.25, 0.3) is 0 Å². The first-order chi connectivity index (χ1) is 11.8.